The lowest BCUT2D eigenvalue weighted by Gasteiger charge is -2.11. The van der Waals surface area contributed by atoms with Gasteiger partial charge in [-0.1, -0.05) is 30.4 Å². The molecule has 0 unspecified atom stereocenters. The van der Waals surface area contributed by atoms with Crippen molar-refractivity contribution in [1.29, 1.82) is 0 Å². The van der Waals surface area contributed by atoms with E-state index in [1.54, 1.807) is 6.20 Å². The summed E-state index contributed by atoms with van der Waals surface area (Å²) < 4.78 is 4.16. The third-order valence-corrected chi connectivity index (χ3v) is 3.74. The first-order valence-electron chi connectivity index (χ1n) is 5.90. The average molecular weight is 301 g/mol. The lowest BCUT2D eigenvalue weighted by molar-refractivity contribution is 1.17. The molecule has 20 heavy (non-hydrogen) atoms. The van der Waals surface area contributed by atoms with Crippen molar-refractivity contribution in [3.8, 4) is 0 Å². The molecule has 3 aromatic rings. The van der Waals surface area contributed by atoms with Crippen LogP contribution in [0.5, 0.6) is 0 Å². The van der Waals surface area contributed by atoms with Crippen molar-refractivity contribution in [1.82, 2.24) is 14.3 Å². The number of aromatic nitrogens is 3. The van der Waals surface area contributed by atoms with E-state index in [1.165, 1.54) is 11.5 Å². The summed E-state index contributed by atoms with van der Waals surface area (Å²) in [5, 5.41) is 4.91. The Kier molecular flexibility index (Phi) is 3.29. The summed E-state index contributed by atoms with van der Waals surface area (Å²) in [6, 6.07) is 7.80. The highest BCUT2D eigenvalue weighted by Gasteiger charge is 2.12. The Morgan fingerprint density at radius 3 is 2.85 bits per heavy atom. The predicted octanol–water partition coefficient (Wildman–Crippen LogP) is 2.77. The fraction of sp³-hybridized carbons (Fsp3) is 0.0769. The number of aryl methyl sites for hydroxylation is 1. The van der Waals surface area contributed by atoms with Crippen LogP contribution >= 0.6 is 23.8 Å². The Morgan fingerprint density at radius 1 is 1.35 bits per heavy atom. The first kappa shape index (κ1) is 12.9. The molecule has 0 saturated heterocycles. The van der Waals surface area contributed by atoms with Gasteiger partial charge in [-0.05, 0) is 13.0 Å². The molecular formula is C13H11N5S2. The van der Waals surface area contributed by atoms with Crippen molar-refractivity contribution in [2.75, 3.05) is 5.32 Å². The average Bonchev–Trinajstić information content (AvgIpc) is 2.84. The summed E-state index contributed by atoms with van der Waals surface area (Å²) >= 11 is 6.40. The molecule has 0 bridgehead atoms. The van der Waals surface area contributed by atoms with Crippen LogP contribution in [0.25, 0.3) is 10.9 Å². The second-order valence-electron chi connectivity index (χ2n) is 4.20. The van der Waals surface area contributed by atoms with Gasteiger partial charge in [0.15, 0.2) is 0 Å². The van der Waals surface area contributed by atoms with E-state index in [4.69, 9.17) is 18.0 Å². The maximum Gasteiger partial charge on any atom is 0.207 e. The van der Waals surface area contributed by atoms with E-state index in [9.17, 15) is 0 Å². The maximum atomic E-state index is 5.78. The third kappa shape index (κ3) is 2.33. The number of thiocarbonyl (C=S) groups is 1. The van der Waals surface area contributed by atoms with Crippen LogP contribution in [0.2, 0.25) is 0 Å². The van der Waals surface area contributed by atoms with E-state index in [2.05, 4.69) is 19.7 Å². The zero-order valence-electron chi connectivity index (χ0n) is 10.6. The van der Waals surface area contributed by atoms with Crippen LogP contribution in [-0.2, 0) is 0 Å². The Bertz CT molecular complexity index is 796. The highest BCUT2D eigenvalue weighted by molar-refractivity contribution is 7.80. The smallest absolute Gasteiger partial charge is 0.207 e. The van der Waals surface area contributed by atoms with Crippen molar-refractivity contribution in [2.45, 2.75) is 6.92 Å². The van der Waals surface area contributed by atoms with Crippen molar-refractivity contribution in [2.24, 2.45) is 5.73 Å². The molecule has 3 N–H and O–H groups in total. The summed E-state index contributed by atoms with van der Waals surface area (Å²) in [7, 11) is 0. The monoisotopic (exact) mass is 301 g/mol. The Morgan fingerprint density at radius 2 is 2.15 bits per heavy atom. The second-order valence-corrected chi connectivity index (χ2v) is 5.39. The van der Waals surface area contributed by atoms with Crippen molar-refractivity contribution in [3.05, 3.63) is 41.9 Å². The molecule has 0 saturated carbocycles. The number of nitrogens with one attached hydrogen (secondary N) is 1. The molecule has 0 amide bonds. The highest BCUT2D eigenvalue weighted by Crippen LogP contribution is 2.29. The number of fused-ring (bicyclic) bond motifs is 1. The SMILES string of the molecule is Cc1nsc(Nc2c(C(N)=S)cnc3ccccc23)n1. The van der Waals surface area contributed by atoms with Gasteiger partial charge in [0.1, 0.15) is 10.8 Å². The van der Waals surface area contributed by atoms with Gasteiger partial charge in [-0.2, -0.15) is 4.37 Å². The number of hydrogen-bond donors (Lipinski definition) is 2. The van der Waals surface area contributed by atoms with Crippen LogP contribution in [0.4, 0.5) is 10.8 Å². The molecule has 2 aromatic heterocycles. The molecule has 0 fully saturated rings. The number of pyridine rings is 1. The second kappa shape index (κ2) is 5.10. The standard InChI is InChI=1S/C13H11N5S2/c1-7-16-13(20-18-7)17-11-8-4-2-3-5-10(8)15-6-9(11)12(14)19/h2-6H,1H3,(H2,14,19)(H,15,16,17,18). The van der Waals surface area contributed by atoms with Gasteiger partial charge in [-0.15, -0.1) is 0 Å². The number of nitrogens with zero attached hydrogens (tertiary/aromatic N) is 3. The van der Waals surface area contributed by atoms with E-state index >= 15 is 0 Å². The molecule has 0 aliphatic rings. The molecule has 0 spiro atoms. The van der Waals surface area contributed by atoms with Crippen molar-refractivity contribution >= 4 is 50.5 Å². The molecule has 0 atom stereocenters. The molecular weight excluding hydrogens is 290 g/mol. The van der Waals surface area contributed by atoms with Gasteiger partial charge >= 0.3 is 0 Å². The van der Waals surface area contributed by atoms with E-state index < -0.39 is 0 Å². The minimum atomic E-state index is 0.298. The largest absolute Gasteiger partial charge is 0.389 e. The topological polar surface area (TPSA) is 76.7 Å². The number of anilines is 2. The van der Waals surface area contributed by atoms with Gasteiger partial charge in [0, 0.05) is 23.1 Å². The number of rotatable bonds is 3. The summed E-state index contributed by atoms with van der Waals surface area (Å²) in [5.41, 5.74) is 8.17. The molecule has 3 rings (SSSR count). The lowest BCUT2D eigenvalue weighted by Crippen LogP contribution is -2.12. The Balaban J connectivity index is 2.19. The first-order valence-corrected chi connectivity index (χ1v) is 7.08. The molecule has 0 aliphatic heterocycles. The zero-order chi connectivity index (χ0) is 14.1. The molecule has 100 valence electrons. The quantitative estimate of drug-likeness (QED) is 0.724. The van der Waals surface area contributed by atoms with Crippen LogP contribution in [0.3, 0.4) is 0 Å². The molecule has 0 aliphatic carbocycles. The zero-order valence-corrected chi connectivity index (χ0v) is 12.3. The normalized spacial score (nSPS) is 10.7. The minimum Gasteiger partial charge on any atom is -0.389 e. The van der Waals surface area contributed by atoms with Gasteiger partial charge in [0.05, 0.1) is 16.8 Å². The van der Waals surface area contributed by atoms with Crippen molar-refractivity contribution in [3.63, 3.8) is 0 Å². The lowest BCUT2D eigenvalue weighted by atomic mass is 10.1. The summed E-state index contributed by atoms with van der Waals surface area (Å²) in [6.07, 6.45) is 1.68. The van der Waals surface area contributed by atoms with Gasteiger partial charge < -0.3 is 11.1 Å². The number of benzene rings is 1. The van der Waals surface area contributed by atoms with Gasteiger partial charge in [-0.3, -0.25) is 4.98 Å². The van der Waals surface area contributed by atoms with Crippen LogP contribution < -0.4 is 11.1 Å². The molecule has 1 aromatic carbocycles. The van der Waals surface area contributed by atoms with E-state index in [0.717, 1.165) is 22.4 Å². The van der Waals surface area contributed by atoms with Crippen LogP contribution in [-0.4, -0.2) is 19.3 Å². The summed E-state index contributed by atoms with van der Waals surface area (Å²) in [6.45, 7) is 1.85. The fourth-order valence-electron chi connectivity index (χ4n) is 1.92. The summed E-state index contributed by atoms with van der Waals surface area (Å²) in [4.78, 5) is 8.97. The van der Waals surface area contributed by atoms with Crippen molar-refractivity contribution < 1.29 is 0 Å². The van der Waals surface area contributed by atoms with Gasteiger partial charge in [0.2, 0.25) is 5.13 Å². The van der Waals surface area contributed by atoms with Crippen LogP contribution in [0.15, 0.2) is 30.5 Å². The first-order chi connectivity index (χ1) is 9.65. The molecule has 0 radical (unpaired) electrons. The number of nitrogens with two attached hydrogens (primary N) is 1. The molecule has 2 heterocycles. The van der Waals surface area contributed by atoms with Crippen LogP contribution in [0, 0.1) is 6.92 Å². The highest BCUT2D eigenvalue weighted by atomic mass is 32.1. The fourth-order valence-corrected chi connectivity index (χ4v) is 2.65. The number of para-hydroxylation sites is 1. The minimum absolute atomic E-state index is 0.298. The third-order valence-electron chi connectivity index (χ3n) is 2.80. The number of hydrogen-bond acceptors (Lipinski definition) is 6. The molecule has 5 nitrogen and oxygen atoms in total. The van der Waals surface area contributed by atoms with Gasteiger partial charge in [0.25, 0.3) is 0 Å². The maximum absolute atomic E-state index is 5.78. The predicted molar refractivity (Wildman–Crippen MR) is 85.6 cm³/mol. The van der Waals surface area contributed by atoms with E-state index in [-0.39, 0.29) is 0 Å². The van der Waals surface area contributed by atoms with Crippen LogP contribution in [0.1, 0.15) is 11.4 Å². The van der Waals surface area contributed by atoms with E-state index in [0.29, 0.717) is 15.7 Å². The molecule has 7 heteroatoms. The Labute approximate surface area is 125 Å². The summed E-state index contributed by atoms with van der Waals surface area (Å²) in [5.74, 6) is 0.729. The Hall–Kier alpha value is -2.12. The van der Waals surface area contributed by atoms with Gasteiger partial charge in [-0.25, -0.2) is 4.98 Å². The van der Waals surface area contributed by atoms with E-state index in [1.807, 2.05) is 31.2 Å².